The molecule has 3 heterocycles. The number of alkyl halides is 2. The smallest absolute Gasteiger partial charge is 0.274 e. The Labute approximate surface area is 214 Å². The van der Waals surface area contributed by atoms with Gasteiger partial charge in [0.15, 0.2) is 11.9 Å². The summed E-state index contributed by atoms with van der Waals surface area (Å²) >= 11 is 1.42. The van der Waals surface area contributed by atoms with E-state index in [-0.39, 0.29) is 5.78 Å². The Kier molecular flexibility index (Phi) is 8.22. The van der Waals surface area contributed by atoms with E-state index in [0.717, 1.165) is 67.5 Å². The largest absolute Gasteiger partial charge is 0.461 e. The van der Waals surface area contributed by atoms with E-state index in [1.54, 1.807) is 6.20 Å². The number of hydrogen-bond acceptors (Lipinski definition) is 6. The van der Waals surface area contributed by atoms with Gasteiger partial charge in [-0.05, 0) is 56.2 Å². The van der Waals surface area contributed by atoms with Crippen molar-refractivity contribution < 1.29 is 18.3 Å². The van der Waals surface area contributed by atoms with Crippen molar-refractivity contribution in [1.82, 2.24) is 14.9 Å². The molecule has 1 saturated carbocycles. The molecule has 2 aliphatic rings. The van der Waals surface area contributed by atoms with Crippen LogP contribution in [0.2, 0.25) is 0 Å². The van der Waals surface area contributed by atoms with E-state index in [1.165, 1.54) is 29.1 Å². The molecule has 0 radical (unpaired) electrons. The number of fused-ring (bicyclic) bond motifs is 2. The quantitative estimate of drug-likeness (QED) is 0.302. The van der Waals surface area contributed by atoms with Crippen molar-refractivity contribution in [2.75, 3.05) is 26.4 Å². The standard InChI is InChI=1S/C28H33F2N3O2S/c29-16-21(17-30)35-28-32-25-18-33(14-11-27(25)36-28)13-10-19-6-8-20(9-7-19)15-26(34)23-3-1-5-24-22(23)4-2-12-31-24/h1-5,12,19-21H,6-11,13-18H2. The van der Waals surface area contributed by atoms with Gasteiger partial charge in [-0.3, -0.25) is 14.7 Å². The summed E-state index contributed by atoms with van der Waals surface area (Å²) in [6, 6.07) is 9.69. The summed E-state index contributed by atoms with van der Waals surface area (Å²) in [4.78, 5) is 25.5. The maximum atomic E-state index is 13.1. The first-order valence-corrected chi connectivity index (χ1v) is 13.8. The van der Waals surface area contributed by atoms with Crippen LogP contribution in [0.1, 0.15) is 59.5 Å². The fraction of sp³-hybridized carbons (Fsp3) is 0.536. The molecule has 3 aromatic rings. The summed E-state index contributed by atoms with van der Waals surface area (Å²) in [6.45, 7) is 1.10. The number of ether oxygens (including phenoxy) is 1. The van der Waals surface area contributed by atoms with Crippen molar-refractivity contribution in [3.8, 4) is 5.19 Å². The molecule has 0 unspecified atom stereocenters. The molecule has 2 aromatic heterocycles. The fourth-order valence-corrected chi connectivity index (χ4v) is 6.50. The van der Waals surface area contributed by atoms with Gasteiger partial charge in [-0.15, -0.1) is 0 Å². The second-order valence-corrected chi connectivity index (χ2v) is 11.1. The lowest BCUT2D eigenvalue weighted by Crippen LogP contribution is -2.32. The SMILES string of the molecule is O=C(CC1CCC(CCN2CCc3sc(OC(CF)CF)nc3C2)CC1)c1cccc2ncccc12. The van der Waals surface area contributed by atoms with Gasteiger partial charge < -0.3 is 4.74 Å². The zero-order valence-corrected chi connectivity index (χ0v) is 21.3. The van der Waals surface area contributed by atoms with E-state index in [0.29, 0.717) is 23.5 Å². The molecular formula is C28H33F2N3O2S. The Morgan fingerprint density at radius 2 is 1.92 bits per heavy atom. The number of benzene rings is 1. The Morgan fingerprint density at radius 1 is 1.11 bits per heavy atom. The van der Waals surface area contributed by atoms with Crippen LogP contribution < -0.4 is 4.74 Å². The highest BCUT2D eigenvalue weighted by molar-refractivity contribution is 7.13. The maximum absolute atomic E-state index is 13.1. The summed E-state index contributed by atoms with van der Waals surface area (Å²) in [5.74, 6) is 1.39. The molecule has 5 rings (SSSR count). The van der Waals surface area contributed by atoms with Crippen molar-refractivity contribution in [2.24, 2.45) is 11.8 Å². The Morgan fingerprint density at radius 3 is 2.72 bits per heavy atom. The van der Waals surface area contributed by atoms with Crippen molar-refractivity contribution in [3.63, 3.8) is 0 Å². The lowest BCUT2D eigenvalue weighted by Gasteiger charge is -2.31. The molecule has 1 aromatic carbocycles. The lowest BCUT2D eigenvalue weighted by molar-refractivity contribution is 0.0941. The summed E-state index contributed by atoms with van der Waals surface area (Å²) < 4.78 is 30.9. The second kappa shape index (κ2) is 11.7. The minimum absolute atomic E-state index is 0.233. The molecule has 8 heteroatoms. The van der Waals surface area contributed by atoms with Crippen LogP contribution in [0.4, 0.5) is 8.78 Å². The molecule has 1 fully saturated rings. The maximum Gasteiger partial charge on any atom is 0.274 e. The van der Waals surface area contributed by atoms with Gasteiger partial charge in [0.2, 0.25) is 0 Å². The number of thiazole rings is 1. The van der Waals surface area contributed by atoms with Crippen LogP contribution in [-0.4, -0.2) is 53.2 Å². The highest BCUT2D eigenvalue weighted by atomic mass is 32.1. The number of aromatic nitrogens is 2. The van der Waals surface area contributed by atoms with Crippen molar-refractivity contribution in [1.29, 1.82) is 0 Å². The number of rotatable bonds is 10. The molecule has 1 aliphatic heterocycles. The van der Waals surface area contributed by atoms with E-state index in [4.69, 9.17) is 4.74 Å². The van der Waals surface area contributed by atoms with Gasteiger partial charge in [0.1, 0.15) is 13.3 Å². The first-order chi connectivity index (χ1) is 17.6. The molecule has 192 valence electrons. The summed E-state index contributed by atoms with van der Waals surface area (Å²) in [5.41, 5.74) is 2.67. The Bertz CT molecular complexity index is 1170. The molecule has 0 atom stereocenters. The van der Waals surface area contributed by atoms with Crippen molar-refractivity contribution >= 4 is 28.0 Å². The molecule has 1 aliphatic carbocycles. The number of nitrogens with zero attached hydrogens (tertiary/aromatic N) is 3. The van der Waals surface area contributed by atoms with E-state index >= 15 is 0 Å². The van der Waals surface area contributed by atoms with Gasteiger partial charge in [-0.2, -0.15) is 0 Å². The zero-order valence-electron chi connectivity index (χ0n) is 20.5. The average Bonchev–Trinajstić information content (AvgIpc) is 3.32. The highest BCUT2D eigenvalue weighted by Gasteiger charge is 2.26. The van der Waals surface area contributed by atoms with Crippen LogP contribution in [0.5, 0.6) is 5.19 Å². The normalized spacial score (nSPS) is 20.5. The minimum Gasteiger partial charge on any atom is -0.461 e. The minimum atomic E-state index is -1.05. The van der Waals surface area contributed by atoms with E-state index in [9.17, 15) is 13.6 Å². The third-order valence-electron chi connectivity index (χ3n) is 7.64. The van der Waals surface area contributed by atoms with Gasteiger partial charge in [0.05, 0.1) is 11.2 Å². The number of carbonyl (C=O) groups excluding carboxylic acids is 1. The van der Waals surface area contributed by atoms with E-state index in [2.05, 4.69) is 14.9 Å². The first kappa shape index (κ1) is 25.2. The molecule has 0 spiro atoms. The van der Waals surface area contributed by atoms with E-state index in [1.807, 2.05) is 30.3 Å². The predicted octanol–water partition coefficient (Wildman–Crippen LogP) is 6.21. The van der Waals surface area contributed by atoms with E-state index < -0.39 is 19.5 Å². The van der Waals surface area contributed by atoms with Crippen LogP contribution in [0, 0.1) is 11.8 Å². The molecule has 0 amide bonds. The van der Waals surface area contributed by atoms with Crippen LogP contribution in [0.15, 0.2) is 36.5 Å². The lowest BCUT2D eigenvalue weighted by atomic mass is 9.78. The molecule has 0 bridgehead atoms. The number of ketones is 1. The van der Waals surface area contributed by atoms with Crippen LogP contribution in [0.3, 0.4) is 0 Å². The van der Waals surface area contributed by atoms with Gasteiger partial charge in [0, 0.05) is 41.5 Å². The molecule has 36 heavy (non-hydrogen) atoms. The highest BCUT2D eigenvalue weighted by Crippen LogP contribution is 2.35. The fourth-order valence-electron chi connectivity index (χ4n) is 5.53. The van der Waals surface area contributed by atoms with Crippen molar-refractivity contribution in [3.05, 3.63) is 52.7 Å². The van der Waals surface area contributed by atoms with Crippen LogP contribution in [-0.2, 0) is 13.0 Å². The second-order valence-electron chi connectivity index (χ2n) is 10.1. The summed E-state index contributed by atoms with van der Waals surface area (Å²) in [5, 5.41) is 1.33. The summed E-state index contributed by atoms with van der Waals surface area (Å²) in [7, 11) is 0. The number of hydrogen-bond donors (Lipinski definition) is 0. The third-order valence-corrected chi connectivity index (χ3v) is 8.69. The average molecular weight is 514 g/mol. The molecule has 0 saturated heterocycles. The Balaban J connectivity index is 1.07. The van der Waals surface area contributed by atoms with Gasteiger partial charge in [0.25, 0.3) is 5.19 Å². The van der Waals surface area contributed by atoms with Crippen molar-refractivity contribution in [2.45, 2.75) is 57.6 Å². The molecule has 5 nitrogen and oxygen atoms in total. The topological polar surface area (TPSA) is 55.3 Å². The zero-order chi connectivity index (χ0) is 24.9. The van der Waals surface area contributed by atoms with Gasteiger partial charge >= 0.3 is 0 Å². The van der Waals surface area contributed by atoms with Gasteiger partial charge in [-0.25, -0.2) is 13.8 Å². The first-order valence-electron chi connectivity index (χ1n) is 13.0. The third kappa shape index (κ3) is 5.92. The number of carbonyl (C=O) groups is 1. The van der Waals surface area contributed by atoms with Gasteiger partial charge in [-0.1, -0.05) is 42.4 Å². The van der Waals surface area contributed by atoms with Crippen LogP contribution in [0.25, 0.3) is 10.9 Å². The number of pyridine rings is 1. The predicted molar refractivity (Wildman–Crippen MR) is 138 cm³/mol. The molecular weight excluding hydrogens is 480 g/mol. The molecule has 0 N–H and O–H groups in total. The summed E-state index contributed by atoms with van der Waals surface area (Å²) in [6.07, 6.45) is 7.98. The monoisotopic (exact) mass is 513 g/mol. The van der Waals surface area contributed by atoms with Crippen LogP contribution >= 0.6 is 11.3 Å². The number of halogens is 2. The number of Topliss-reactive ketones (excluding diaryl/α,β-unsaturated/α-hetero) is 1. The Hall–Kier alpha value is -2.45.